The summed E-state index contributed by atoms with van der Waals surface area (Å²) < 4.78 is 0. The molecule has 9 nitrogen and oxygen atoms in total. The average molecular weight is 527 g/mol. The fraction of sp³-hybridized carbons (Fsp3) is 0.517. The van der Waals surface area contributed by atoms with Gasteiger partial charge in [-0.2, -0.15) is 0 Å². The predicted molar refractivity (Wildman–Crippen MR) is 147 cm³/mol. The number of nitrogens with zero attached hydrogens (tertiary/aromatic N) is 2. The number of rotatable bonds is 16. The van der Waals surface area contributed by atoms with Crippen LogP contribution >= 0.6 is 0 Å². The van der Waals surface area contributed by atoms with Gasteiger partial charge in [-0.1, -0.05) is 40.0 Å². The summed E-state index contributed by atoms with van der Waals surface area (Å²) in [6, 6.07) is 6.91. The van der Waals surface area contributed by atoms with E-state index >= 15 is 0 Å². The zero-order valence-electron chi connectivity index (χ0n) is 22.7. The summed E-state index contributed by atoms with van der Waals surface area (Å²) in [4.78, 5) is 44.4. The van der Waals surface area contributed by atoms with Crippen molar-refractivity contribution in [3.8, 4) is 0 Å². The highest BCUT2D eigenvalue weighted by atomic mass is 16.3. The molecule has 3 atom stereocenters. The van der Waals surface area contributed by atoms with Crippen LogP contribution < -0.4 is 11.1 Å². The largest absolute Gasteiger partial charge is 0.390 e. The predicted octanol–water partition coefficient (Wildman–Crippen LogP) is 3.09. The minimum absolute atomic E-state index is 0.0415. The van der Waals surface area contributed by atoms with E-state index < -0.39 is 30.1 Å². The van der Waals surface area contributed by atoms with Gasteiger partial charge >= 0.3 is 0 Å². The van der Waals surface area contributed by atoms with Crippen LogP contribution in [-0.4, -0.2) is 69.2 Å². The fourth-order valence-corrected chi connectivity index (χ4v) is 4.39. The Labute approximate surface area is 225 Å². The molecular weight excluding hydrogens is 484 g/mol. The Bertz CT molecular complexity index is 1040. The van der Waals surface area contributed by atoms with Crippen molar-refractivity contribution in [2.45, 2.75) is 84.0 Å². The minimum atomic E-state index is -1.23. The summed E-state index contributed by atoms with van der Waals surface area (Å²) in [5.41, 5.74) is 6.65. The number of aromatic nitrogens is 1. The number of carbonyl (C=O) groups is 3. The summed E-state index contributed by atoms with van der Waals surface area (Å²) in [6.45, 7) is 7.09. The van der Waals surface area contributed by atoms with E-state index in [4.69, 9.17) is 5.73 Å². The lowest BCUT2D eigenvalue weighted by molar-refractivity contribution is -0.00830. The number of unbranched alkanes of at least 4 members (excludes halogenated alkanes) is 2. The molecule has 2 rings (SSSR count). The van der Waals surface area contributed by atoms with Gasteiger partial charge in [-0.3, -0.25) is 19.4 Å². The van der Waals surface area contributed by atoms with E-state index in [0.717, 1.165) is 37.7 Å². The number of nitrogens with two attached hydrogens (primary N) is 1. The standard InChI is InChI=1S/C29H42N4O5/c1-4-7-8-9-25(34)26(35)24(16-20-10-12-31-13-11-20)32-28(37)22-17-21(27(30)36)18-23(19-22)29(38)33(14-5-2)15-6-3/h10-13,17-19,24-26,34-35H,4-9,14-16H2,1-3H3,(H2,30,36)(H,32,37). The van der Waals surface area contributed by atoms with Crippen LogP contribution in [0, 0.1) is 0 Å². The summed E-state index contributed by atoms with van der Waals surface area (Å²) in [6.07, 6.45) is 5.82. The van der Waals surface area contributed by atoms with E-state index in [1.54, 1.807) is 29.4 Å². The summed E-state index contributed by atoms with van der Waals surface area (Å²) in [7, 11) is 0. The molecule has 0 aliphatic heterocycles. The number of benzene rings is 1. The maximum Gasteiger partial charge on any atom is 0.253 e. The monoisotopic (exact) mass is 526 g/mol. The van der Waals surface area contributed by atoms with Crippen LogP contribution in [0.2, 0.25) is 0 Å². The van der Waals surface area contributed by atoms with Crippen LogP contribution in [0.25, 0.3) is 0 Å². The van der Waals surface area contributed by atoms with Crippen molar-refractivity contribution in [1.29, 1.82) is 0 Å². The van der Waals surface area contributed by atoms with E-state index in [1.807, 2.05) is 13.8 Å². The normalized spacial score (nSPS) is 13.4. The summed E-state index contributed by atoms with van der Waals surface area (Å²) in [5.74, 6) is -1.63. The number of amides is 3. The highest BCUT2D eigenvalue weighted by molar-refractivity contribution is 6.04. The maximum absolute atomic E-state index is 13.4. The number of aliphatic hydroxyl groups is 2. The molecular formula is C29H42N4O5. The van der Waals surface area contributed by atoms with E-state index in [2.05, 4.69) is 17.2 Å². The molecule has 0 aliphatic rings. The van der Waals surface area contributed by atoms with Crippen LogP contribution in [0.3, 0.4) is 0 Å². The second kappa shape index (κ2) is 15.8. The van der Waals surface area contributed by atoms with Gasteiger partial charge < -0.3 is 26.2 Å². The highest BCUT2D eigenvalue weighted by Gasteiger charge is 2.29. The van der Waals surface area contributed by atoms with Crippen molar-refractivity contribution in [2.75, 3.05) is 13.1 Å². The Balaban J connectivity index is 2.37. The maximum atomic E-state index is 13.4. The first kappa shape index (κ1) is 30.9. The van der Waals surface area contributed by atoms with Crippen LogP contribution in [0.4, 0.5) is 0 Å². The smallest absolute Gasteiger partial charge is 0.253 e. The molecule has 5 N–H and O–H groups in total. The van der Waals surface area contributed by atoms with Gasteiger partial charge in [-0.05, 0) is 61.6 Å². The number of nitrogens with one attached hydrogen (secondary N) is 1. The zero-order chi connectivity index (χ0) is 28.1. The molecule has 9 heteroatoms. The number of hydrogen-bond acceptors (Lipinski definition) is 6. The molecule has 0 bridgehead atoms. The Kier molecular flexibility index (Phi) is 12.9. The fourth-order valence-electron chi connectivity index (χ4n) is 4.39. The van der Waals surface area contributed by atoms with Gasteiger partial charge in [0.15, 0.2) is 0 Å². The molecule has 208 valence electrons. The molecule has 38 heavy (non-hydrogen) atoms. The molecule has 3 amide bonds. The third-order valence-electron chi connectivity index (χ3n) is 6.43. The zero-order valence-corrected chi connectivity index (χ0v) is 22.7. The van der Waals surface area contributed by atoms with Crippen LogP contribution in [0.15, 0.2) is 42.7 Å². The Morgan fingerprint density at radius 1 is 0.921 bits per heavy atom. The van der Waals surface area contributed by atoms with E-state index in [1.165, 1.54) is 18.2 Å². The van der Waals surface area contributed by atoms with Crippen molar-refractivity contribution in [2.24, 2.45) is 5.73 Å². The molecule has 0 aliphatic carbocycles. The van der Waals surface area contributed by atoms with Crippen molar-refractivity contribution in [3.63, 3.8) is 0 Å². The van der Waals surface area contributed by atoms with Gasteiger partial charge in [-0.25, -0.2) is 0 Å². The number of hydrogen-bond donors (Lipinski definition) is 4. The van der Waals surface area contributed by atoms with Gasteiger partial charge in [-0.15, -0.1) is 0 Å². The topological polar surface area (TPSA) is 146 Å². The highest BCUT2D eigenvalue weighted by Crippen LogP contribution is 2.17. The van der Waals surface area contributed by atoms with Crippen molar-refractivity contribution in [3.05, 3.63) is 65.0 Å². The molecule has 0 saturated heterocycles. The van der Waals surface area contributed by atoms with Gasteiger partial charge in [0.05, 0.1) is 12.1 Å². The van der Waals surface area contributed by atoms with Gasteiger partial charge in [0.1, 0.15) is 6.10 Å². The molecule has 0 saturated carbocycles. The molecule has 1 aromatic heterocycles. The Morgan fingerprint density at radius 3 is 2.11 bits per heavy atom. The SMILES string of the molecule is CCCCCC(O)C(O)C(Cc1ccncc1)NC(=O)c1cc(C(N)=O)cc(C(=O)N(CCC)CCC)c1. The summed E-state index contributed by atoms with van der Waals surface area (Å²) in [5, 5.41) is 24.5. The molecule has 1 heterocycles. The number of primary amides is 1. The molecule has 3 unspecified atom stereocenters. The third-order valence-corrected chi connectivity index (χ3v) is 6.43. The van der Waals surface area contributed by atoms with Gasteiger partial charge in [0.2, 0.25) is 5.91 Å². The van der Waals surface area contributed by atoms with E-state index in [0.29, 0.717) is 19.5 Å². The Hall–Kier alpha value is -3.30. The second-order valence-electron chi connectivity index (χ2n) is 9.65. The summed E-state index contributed by atoms with van der Waals surface area (Å²) >= 11 is 0. The van der Waals surface area contributed by atoms with Crippen LogP contribution in [-0.2, 0) is 6.42 Å². The number of aliphatic hydroxyl groups excluding tert-OH is 2. The minimum Gasteiger partial charge on any atom is -0.390 e. The first-order valence-corrected chi connectivity index (χ1v) is 13.5. The van der Waals surface area contributed by atoms with Gasteiger partial charge in [0, 0.05) is 42.2 Å². The number of pyridine rings is 1. The number of carbonyl (C=O) groups excluding carboxylic acids is 3. The van der Waals surface area contributed by atoms with Gasteiger partial charge in [0.25, 0.3) is 11.8 Å². The Morgan fingerprint density at radius 2 is 1.53 bits per heavy atom. The average Bonchev–Trinajstić information content (AvgIpc) is 2.92. The van der Waals surface area contributed by atoms with Crippen molar-refractivity contribution in [1.82, 2.24) is 15.2 Å². The first-order chi connectivity index (χ1) is 18.2. The molecule has 0 radical (unpaired) electrons. The third kappa shape index (κ3) is 9.22. The lowest BCUT2D eigenvalue weighted by Crippen LogP contribution is -2.50. The lowest BCUT2D eigenvalue weighted by Gasteiger charge is -2.28. The van der Waals surface area contributed by atoms with Crippen molar-refractivity contribution < 1.29 is 24.6 Å². The lowest BCUT2D eigenvalue weighted by atomic mass is 9.94. The molecule has 0 fully saturated rings. The second-order valence-corrected chi connectivity index (χ2v) is 9.65. The molecule has 2 aromatic rings. The van der Waals surface area contributed by atoms with E-state index in [9.17, 15) is 24.6 Å². The quantitative estimate of drug-likeness (QED) is 0.247. The van der Waals surface area contributed by atoms with Crippen LogP contribution in [0.5, 0.6) is 0 Å². The van der Waals surface area contributed by atoms with E-state index in [-0.39, 0.29) is 29.0 Å². The first-order valence-electron chi connectivity index (χ1n) is 13.5. The van der Waals surface area contributed by atoms with Crippen molar-refractivity contribution >= 4 is 17.7 Å². The molecule has 1 aromatic carbocycles. The molecule has 0 spiro atoms. The van der Waals surface area contributed by atoms with Crippen LogP contribution in [0.1, 0.15) is 95.9 Å².